The second kappa shape index (κ2) is 13.1. The van der Waals surface area contributed by atoms with E-state index in [2.05, 4.69) is 20.6 Å². The van der Waals surface area contributed by atoms with Gasteiger partial charge in [-0.25, -0.2) is 4.98 Å². The molecular weight excluding hydrogens is 447 g/mol. The average Bonchev–Trinajstić information content (AvgIpc) is 2.89. The fourth-order valence-corrected chi connectivity index (χ4v) is 3.53. The van der Waals surface area contributed by atoms with Gasteiger partial charge in [-0.15, -0.1) is 0 Å². The minimum atomic E-state index is -1.81. The summed E-state index contributed by atoms with van der Waals surface area (Å²) in [6.45, 7) is 0. The van der Waals surface area contributed by atoms with E-state index in [-0.39, 0.29) is 24.3 Å². The van der Waals surface area contributed by atoms with Crippen LogP contribution in [-0.2, 0) is 11.2 Å². The lowest BCUT2D eigenvalue weighted by atomic mass is 9.76. The molecule has 0 fully saturated rings. The maximum atomic E-state index is 13.1. The number of carbonyl (C=O) groups excluding carboxylic acids is 3. The minimum Gasteiger partial charge on any atom is -0.426 e. The third-order valence-electron chi connectivity index (χ3n) is 5.41. The Labute approximate surface area is 203 Å². The Bertz CT molecular complexity index is 1050. The second-order valence-corrected chi connectivity index (χ2v) is 8.02. The summed E-state index contributed by atoms with van der Waals surface area (Å²) in [5.41, 5.74) is 1.47. The standard InChI is InChI=1S/C25H27BN4O5/c31-22(19-11-5-2-6-12-19)16-20(29-25(33)21-17-27-14-15-28-21)24(32)30-23(26(34)35)13-7-10-18-8-3-1-4-9-18/h1-6,8-9,11-12,14-15,17,20,23,34-35H,7,10,13,16H2,(H,29,33)(H,30,32)/t20-,23-/m0/s1. The Hall–Kier alpha value is -3.89. The van der Waals surface area contributed by atoms with Gasteiger partial charge in [0.15, 0.2) is 5.78 Å². The van der Waals surface area contributed by atoms with Crippen molar-refractivity contribution in [2.45, 2.75) is 37.7 Å². The lowest BCUT2D eigenvalue weighted by Crippen LogP contribution is -2.54. The van der Waals surface area contributed by atoms with Gasteiger partial charge in [-0.2, -0.15) is 0 Å². The Kier molecular flexibility index (Phi) is 9.64. The van der Waals surface area contributed by atoms with E-state index in [4.69, 9.17) is 0 Å². The number of benzene rings is 2. The molecule has 0 saturated heterocycles. The number of nitrogens with zero attached hydrogens (tertiary/aromatic N) is 2. The molecular formula is C25H27BN4O5. The van der Waals surface area contributed by atoms with Crippen molar-refractivity contribution < 1.29 is 24.4 Å². The number of hydrogen-bond donors (Lipinski definition) is 4. The van der Waals surface area contributed by atoms with Gasteiger partial charge in [-0.1, -0.05) is 60.7 Å². The Morgan fingerprint density at radius 3 is 2.23 bits per heavy atom. The Morgan fingerprint density at radius 2 is 1.60 bits per heavy atom. The number of rotatable bonds is 12. The maximum Gasteiger partial charge on any atom is 0.475 e. The summed E-state index contributed by atoms with van der Waals surface area (Å²) in [5.74, 6) is -2.71. The molecule has 0 radical (unpaired) electrons. The lowest BCUT2D eigenvalue weighted by molar-refractivity contribution is -0.123. The highest BCUT2D eigenvalue weighted by Crippen LogP contribution is 2.10. The zero-order valence-electron chi connectivity index (χ0n) is 19.1. The van der Waals surface area contributed by atoms with Crippen molar-refractivity contribution in [2.75, 3.05) is 0 Å². The summed E-state index contributed by atoms with van der Waals surface area (Å²) in [6, 6.07) is 16.8. The first-order valence-electron chi connectivity index (χ1n) is 11.3. The van der Waals surface area contributed by atoms with Gasteiger partial charge in [0.1, 0.15) is 11.7 Å². The van der Waals surface area contributed by atoms with Crippen LogP contribution in [0.4, 0.5) is 0 Å². The number of aryl methyl sites for hydroxylation is 1. The van der Waals surface area contributed by atoms with E-state index in [1.807, 2.05) is 30.3 Å². The number of aromatic nitrogens is 2. The molecule has 0 aliphatic rings. The molecule has 3 aromatic rings. The van der Waals surface area contributed by atoms with Gasteiger partial charge in [-0.05, 0) is 24.8 Å². The molecule has 2 atom stereocenters. The predicted octanol–water partition coefficient (Wildman–Crippen LogP) is 1.37. The maximum absolute atomic E-state index is 13.1. The van der Waals surface area contributed by atoms with Crippen molar-refractivity contribution in [2.24, 2.45) is 0 Å². The molecule has 0 aliphatic heterocycles. The summed E-state index contributed by atoms with van der Waals surface area (Å²) < 4.78 is 0. The molecule has 0 spiro atoms. The molecule has 0 saturated carbocycles. The van der Waals surface area contributed by atoms with Crippen LogP contribution in [0.5, 0.6) is 0 Å². The molecule has 1 heterocycles. The topological polar surface area (TPSA) is 142 Å². The quantitative estimate of drug-likeness (QED) is 0.230. The van der Waals surface area contributed by atoms with Crippen molar-refractivity contribution in [3.05, 3.63) is 96.1 Å². The van der Waals surface area contributed by atoms with Crippen LogP contribution in [0.25, 0.3) is 0 Å². The highest BCUT2D eigenvalue weighted by molar-refractivity contribution is 6.43. The number of ketones is 1. The number of hydrogen-bond acceptors (Lipinski definition) is 7. The summed E-state index contributed by atoms with van der Waals surface area (Å²) in [4.78, 5) is 46.2. The summed E-state index contributed by atoms with van der Waals surface area (Å²) in [7, 11) is -1.81. The van der Waals surface area contributed by atoms with Gasteiger partial charge in [0.2, 0.25) is 5.91 Å². The molecule has 2 aromatic carbocycles. The van der Waals surface area contributed by atoms with Crippen LogP contribution in [0.15, 0.2) is 79.3 Å². The van der Waals surface area contributed by atoms with E-state index in [0.717, 1.165) is 5.56 Å². The molecule has 35 heavy (non-hydrogen) atoms. The van der Waals surface area contributed by atoms with E-state index >= 15 is 0 Å². The number of nitrogens with one attached hydrogen (secondary N) is 2. The van der Waals surface area contributed by atoms with Gasteiger partial charge >= 0.3 is 7.12 Å². The molecule has 9 nitrogen and oxygen atoms in total. The zero-order valence-corrected chi connectivity index (χ0v) is 19.1. The third-order valence-corrected chi connectivity index (χ3v) is 5.41. The molecule has 0 aliphatic carbocycles. The van der Waals surface area contributed by atoms with E-state index in [9.17, 15) is 24.4 Å². The van der Waals surface area contributed by atoms with Crippen molar-refractivity contribution >= 4 is 24.7 Å². The van der Waals surface area contributed by atoms with Crippen LogP contribution in [0.2, 0.25) is 0 Å². The molecule has 10 heteroatoms. The Morgan fingerprint density at radius 1 is 0.914 bits per heavy atom. The SMILES string of the molecule is O=C(C[C@H](NC(=O)c1cnccn1)C(=O)N[C@@H](CCCc1ccccc1)B(O)O)c1ccccc1. The first kappa shape index (κ1) is 25.7. The van der Waals surface area contributed by atoms with Crippen molar-refractivity contribution in [3.63, 3.8) is 0 Å². The highest BCUT2D eigenvalue weighted by atomic mass is 16.4. The normalized spacial score (nSPS) is 12.3. The second-order valence-electron chi connectivity index (χ2n) is 8.02. The van der Waals surface area contributed by atoms with Gasteiger partial charge in [0.25, 0.3) is 5.91 Å². The first-order valence-corrected chi connectivity index (χ1v) is 11.3. The summed E-state index contributed by atoms with van der Waals surface area (Å²) in [5, 5.41) is 24.8. The van der Waals surface area contributed by atoms with Crippen LogP contribution in [-0.4, -0.2) is 56.7 Å². The van der Waals surface area contributed by atoms with Crippen molar-refractivity contribution in [1.29, 1.82) is 0 Å². The average molecular weight is 474 g/mol. The van der Waals surface area contributed by atoms with Crippen molar-refractivity contribution in [3.8, 4) is 0 Å². The van der Waals surface area contributed by atoms with E-state index in [1.54, 1.807) is 30.3 Å². The Balaban J connectivity index is 1.69. The van der Waals surface area contributed by atoms with Gasteiger partial charge in [-0.3, -0.25) is 19.4 Å². The molecule has 2 amide bonds. The van der Waals surface area contributed by atoms with Gasteiger partial charge in [0.05, 0.1) is 12.1 Å². The molecule has 4 N–H and O–H groups in total. The van der Waals surface area contributed by atoms with Crippen LogP contribution in [0.1, 0.15) is 45.7 Å². The molecule has 0 bridgehead atoms. The van der Waals surface area contributed by atoms with Gasteiger partial charge in [0, 0.05) is 24.4 Å². The lowest BCUT2D eigenvalue weighted by Gasteiger charge is -2.23. The van der Waals surface area contributed by atoms with Crippen LogP contribution < -0.4 is 10.6 Å². The van der Waals surface area contributed by atoms with Crippen molar-refractivity contribution in [1.82, 2.24) is 20.6 Å². The third kappa shape index (κ3) is 8.13. The number of amides is 2. The zero-order chi connectivity index (χ0) is 25.0. The van der Waals surface area contributed by atoms with Crippen LogP contribution in [0, 0.1) is 0 Å². The molecule has 180 valence electrons. The van der Waals surface area contributed by atoms with E-state index < -0.39 is 30.9 Å². The minimum absolute atomic E-state index is 0.0148. The number of Topliss-reactive ketones (excluding diaryl/α,β-unsaturated/α-hetero) is 1. The highest BCUT2D eigenvalue weighted by Gasteiger charge is 2.31. The van der Waals surface area contributed by atoms with Crippen LogP contribution >= 0.6 is 0 Å². The van der Waals surface area contributed by atoms with Crippen LogP contribution in [0.3, 0.4) is 0 Å². The monoisotopic (exact) mass is 474 g/mol. The summed E-state index contributed by atoms with van der Waals surface area (Å²) >= 11 is 0. The first-order chi connectivity index (χ1) is 16.9. The molecule has 1 aromatic heterocycles. The molecule has 3 rings (SSSR count). The molecule has 0 unspecified atom stereocenters. The summed E-state index contributed by atoms with van der Waals surface area (Å²) in [6.07, 6.45) is 5.24. The van der Waals surface area contributed by atoms with Gasteiger partial charge < -0.3 is 20.7 Å². The largest absolute Gasteiger partial charge is 0.475 e. The number of carbonyl (C=O) groups is 3. The fraction of sp³-hybridized carbons (Fsp3) is 0.240. The smallest absolute Gasteiger partial charge is 0.426 e. The fourth-order valence-electron chi connectivity index (χ4n) is 3.53. The van der Waals surface area contributed by atoms with E-state index in [0.29, 0.717) is 18.4 Å². The predicted molar refractivity (Wildman–Crippen MR) is 130 cm³/mol. The van der Waals surface area contributed by atoms with E-state index in [1.165, 1.54) is 18.6 Å².